The summed E-state index contributed by atoms with van der Waals surface area (Å²) in [5.74, 6) is 0.455. The third-order valence-corrected chi connectivity index (χ3v) is 4.82. The SMILES string of the molecule is COc1ccc(C(O)N[C@@H](C(=O)N2CCCC2)[C@@H](O)c2ccncc2)cc1. The molecule has 0 aliphatic carbocycles. The van der Waals surface area contributed by atoms with Gasteiger partial charge in [0.1, 0.15) is 24.1 Å². The van der Waals surface area contributed by atoms with E-state index in [-0.39, 0.29) is 5.91 Å². The van der Waals surface area contributed by atoms with E-state index in [2.05, 4.69) is 10.3 Å². The summed E-state index contributed by atoms with van der Waals surface area (Å²) in [6, 6.07) is 9.25. The van der Waals surface area contributed by atoms with Crippen LogP contribution in [0.2, 0.25) is 0 Å². The van der Waals surface area contributed by atoms with E-state index in [1.54, 1.807) is 60.8 Å². The maximum absolute atomic E-state index is 13.0. The van der Waals surface area contributed by atoms with E-state index >= 15 is 0 Å². The van der Waals surface area contributed by atoms with Crippen LogP contribution in [0.15, 0.2) is 48.8 Å². The Balaban J connectivity index is 1.80. The first-order valence-electron chi connectivity index (χ1n) is 9.05. The predicted molar refractivity (Wildman–Crippen MR) is 99.9 cm³/mol. The van der Waals surface area contributed by atoms with Crippen molar-refractivity contribution in [3.63, 3.8) is 0 Å². The van der Waals surface area contributed by atoms with Crippen molar-refractivity contribution >= 4 is 5.91 Å². The van der Waals surface area contributed by atoms with Gasteiger partial charge in [-0.25, -0.2) is 0 Å². The Hall–Kier alpha value is -2.48. The molecule has 1 unspecified atom stereocenters. The number of aliphatic hydroxyl groups is 2. The maximum Gasteiger partial charge on any atom is 0.242 e. The number of nitrogens with one attached hydrogen (secondary N) is 1. The third-order valence-electron chi connectivity index (χ3n) is 4.82. The topological polar surface area (TPSA) is 94.9 Å². The van der Waals surface area contributed by atoms with Crippen LogP contribution in [0.25, 0.3) is 0 Å². The molecule has 2 aromatic rings. The molecule has 144 valence electrons. The highest BCUT2D eigenvalue weighted by atomic mass is 16.5. The summed E-state index contributed by atoms with van der Waals surface area (Å²) in [4.78, 5) is 18.7. The van der Waals surface area contributed by atoms with Crippen molar-refractivity contribution in [2.24, 2.45) is 0 Å². The van der Waals surface area contributed by atoms with Gasteiger partial charge < -0.3 is 19.8 Å². The van der Waals surface area contributed by atoms with E-state index in [1.165, 1.54) is 0 Å². The van der Waals surface area contributed by atoms with Crippen LogP contribution in [-0.2, 0) is 4.79 Å². The highest BCUT2D eigenvalue weighted by Crippen LogP contribution is 2.23. The fourth-order valence-corrected chi connectivity index (χ4v) is 3.24. The molecule has 0 saturated carbocycles. The van der Waals surface area contributed by atoms with Crippen molar-refractivity contribution in [2.75, 3.05) is 20.2 Å². The molecule has 1 fully saturated rings. The lowest BCUT2D eigenvalue weighted by atomic mass is 10.0. The zero-order chi connectivity index (χ0) is 19.2. The first-order chi connectivity index (χ1) is 13.1. The Morgan fingerprint density at radius 2 is 1.70 bits per heavy atom. The molecule has 1 saturated heterocycles. The average Bonchev–Trinajstić information content (AvgIpc) is 3.26. The molecule has 7 nitrogen and oxygen atoms in total. The normalized spacial score (nSPS) is 17.4. The molecule has 1 aromatic heterocycles. The van der Waals surface area contributed by atoms with E-state index in [0.29, 0.717) is 30.0 Å². The van der Waals surface area contributed by atoms with Gasteiger partial charge in [-0.1, -0.05) is 12.1 Å². The Kier molecular flexibility index (Phi) is 6.39. The molecule has 1 aliphatic rings. The summed E-state index contributed by atoms with van der Waals surface area (Å²) < 4.78 is 5.12. The van der Waals surface area contributed by atoms with Crippen molar-refractivity contribution in [1.82, 2.24) is 15.2 Å². The number of carbonyl (C=O) groups excluding carboxylic acids is 1. The van der Waals surface area contributed by atoms with E-state index < -0.39 is 18.4 Å². The first kappa shape index (κ1) is 19.3. The largest absolute Gasteiger partial charge is 0.497 e. The van der Waals surface area contributed by atoms with Crippen LogP contribution < -0.4 is 10.1 Å². The smallest absolute Gasteiger partial charge is 0.242 e. The Morgan fingerprint density at radius 1 is 1.07 bits per heavy atom. The summed E-state index contributed by atoms with van der Waals surface area (Å²) in [5, 5.41) is 24.3. The van der Waals surface area contributed by atoms with Gasteiger partial charge in [0.15, 0.2) is 0 Å². The van der Waals surface area contributed by atoms with Gasteiger partial charge in [0.2, 0.25) is 5.91 Å². The lowest BCUT2D eigenvalue weighted by Crippen LogP contribution is -2.50. The van der Waals surface area contributed by atoms with E-state index in [4.69, 9.17) is 4.74 Å². The number of hydrogen-bond acceptors (Lipinski definition) is 6. The number of pyridine rings is 1. The van der Waals surface area contributed by atoms with Crippen molar-refractivity contribution in [3.05, 3.63) is 59.9 Å². The minimum Gasteiger partial charge on any atom is -0.497 e. The summed E-state index contributed by atoms with van der Waals surface area (Å²) in [6.45, 7) is 1.33. The molecule has 0 radical (unpaired) electrons. The van der Waals surface area contributed by atoms with Crippen LogP contribution >= 0.6 is 0 Å². The summed E-state index contributed by atoms with van der Waals surface area (Å²) >= 11 is 0. The van der Waals surface area contributed by atoms with Crippen molar-refractivity contribution in [2.45, 2.75) is 31.2 Å². The van der Waals surface area contributed by atoms with Gasteiger partial charge in [-0.05, 0) is 48.2 Å². The van der Waals surface area contributed by atoms with Gasteiger partial charge >= 0.3 is 0 Å². The van der Waals surface area contributed by atoms with Crippen molar-refractivity contribution in [3.8, 4) is 5.75 Å². The molecular formula is C20H25N3O4. The highest BCUT2D eigenvalue weighted by molar-refractivity contribution is 5.83. The molecule has 1 aliphatic heterocycles. The first-order valence-corrected chi connectivity index (χ1v) is 9.05. The number of hydrogen-bond donors (Lipinski definition) is 3. The molecule has 0 spiro atoms. The number of ether oxygens (including phenoxy) is 1. The second-order valence-electron chi connectivity index (χ2n) is 6.58. The fourth-order valence-electron chi connectivity index (χ4n) is 3.24. The second-order valence-corrected chi connectivity index (χ2v) is 6.58. The van der Waals surface area contributed by atoms with Crippen LogP contribution in [0.4, 0.5) is 0 Å². The van der Waals surface area contributed by atoms with E-state index in [1.807, 2.05) is 0 Å². The number of amides is 1. The fraction of sp³-hybridized carbons (Fsp3) is 0.400. The zero-order valence-corrected chi connectivity index (χ0v) is 15.3. The number of likely N-dealkylation sites (tertiary alicyclic amines) is 1. The number of methoxy groups -OCH3 is 1. The van der Waals surface area contributed by atoms with Crippen LogP contribution in [0.3, 0.4) is 0 Å². The van der Waals surface area contributed by atoms with Gasteiger partial charge in [-0.15, -0.1) is 0 Å². The standard InChI is InChI=1S/C20H25N3O4/c1-27-16-6-4-15(5-7-16)19(25)22-17(20(26)23-12-2-3-13-23)18(24)14-8-10-21-11-9-14/h4-11,17-19,22,24-25H,2-3,12-13H2,1H3/t17-,18+,19?/m1/s1. The number of aliphatic hydroxyl groups excluding tert-OH is 2. The van der Waals surface area contributed by atoms with Crippen LogP contribution in [0.1, 0.15) is 36.3 Å². The molecule has 3 rings (SSSR count). The quantitative estimate of drug-likeness (QED) is 0.637. The summed E-state index contributed by atoms with van der Waals surface area (Å²) in [6.07, 6.45) is 2.82. The van der Waals surface area contributed by atoms with Gasteiger partial charge in [0, 0.05) is 25.5 Å². The highest BCUT2D eigenvalue weighted by Gasteiger charge is 2.34. The molecular weight excluding hydrogens is 346 g/mol. The van der Waals surface area contributed by atoms with E-state index in [9.17, 15) is 15.0 Å². The Morgan fingerprint density at radius 3 is 2.30 bits per heavy atom. The second kappa shape index (κ2) is 8.94. The number of nitrogens with zero attached hydrogens (tertiary/aromatic N) is 2. The van der Waals surface area contributed by atoms with E-state index in [0.717, 1.165) is 12.8 Å². The Bertz CT molecular complexity index is 733. The van der Waals surface area contributed by atoms with Crippen molar-refractivity contribution < 1.29 is 19.7 Å². The molecule has 2 heterocycles. The number of carbonyl (C=O) groups is 1. The van der Waals surface area contributed by atoms with Gasteiger partial charge in [-0.3, -0.25) is 15.1 Å². The van der Waals surface area contributed by atoms with Crippen LogP contribution in [0.5, 0.6) is 5.75 Å². The number of aromatic nitrogens is 1. The summed E-state index contributed by atoms with van der Waals surface area (Å²) in [7, 11) is 1.57. The minimum atomic E-state index is -1.11. The van der Waals surface area contributed by atoms with Gasteiger partial charge in [0.05, 0.1) is 7.11 Å². The molecule has 3 N–H and O–H groups in total. The predicted octanol–water partition coefficient (Wildman–Crippen LogP) is 1.40. The number of rotatable bonds is 7. The lowest BCUT2D eigenvalue weighted by Gasteiger charge is -2.30. The minimum absolute atomic E-state index is 0.218. The zero-order valence-electron chi connectivity index (χ0n) is 15.3. The molecule has 3 atom stereocenters. The van der Waals surface area contributed by atoms with Gasteiger partial charge in [-0.2, -0.15) is 0 Å². The van der Waals surface area contributed by atoms with Crippen LogP contribution in [-0.4, -0.2) is 52.2 Å². The molecule has 7 heteroatoms. The van der Waals surface area contributed by atoms with Crippen LogP contribution in [0, 0.1) is 0 Å². The number of benzene rings is 1. The Labute approximate surface area is 158 Å². The van der Waals surface area contributed by atoms with Gasteiger partial charge in [0.25, 0.3) is 0 Å². The average molecular weight is 371 g/mol. The summed E-state index contributed by atoms with van der Waals surface area (Å²) in [5.41, 5.74) is 1.15. The van der Waals surface area contributed by atoms with Crippen molar-refractivity contribution in [1.29, 1.82) is 0 Å². The molecule has 27 heavy (non-hydrogen) atoms. The monoisotopic (exact) mass is 371 g/mol. The molecule has 1 amide bonds. The lowest BCUT2D eigenvalue weighted by molar-refractivity contribution is -0.137. The third kappa shape index (κ3) is 4.63. The maximum atomic E-state index is 13.0. The molecule has 1 aromatic carbocycles. The molecule has 0 bridgehead atoms.